The molecular weight excluding hydrogens is 264 g/mol. The van der Waals surface area contributed by atoms with E-state index < -0.39 is 10.0 Å². The van der Waals surface area contributed by atoms with Gasteiger partial charge in [-0.15, -0.1) is 0 Å². The Morgan fingerprint density at radius 1 is 1.37 bits per heavy atom. The number of rotatable bonds is 3. The predicted octanol–water partition coefficient (Wildman–Crippen LogP) is 1.18. The molecule has 19 heavy (non-hydrogen) atoms. The largest absolute Gasteiger partial charge is 0.399 e. The van der Waals surface area contributed by atoms with Crippen molar-refractivity contribution in [3.05, 3.63) is 23.8 Å². The van der Waals surface area contributed by atoms with Crippen molar-refractivity contribution in [2.24, 2.45) is 0 Å². The maximum absolute atomic E-state index is 12.4. The van der Waals surface area contributed by atoms with Crippen molar-refractivity contribution in [1.82, 2.24) is 4.72 Å². The number of fused-ring (bicyclic) bond motifs is 2. The van der Waals surface area contributed by atoms with Gasteiger partial charge < -0.3 is 10.5 Å². The number of hydrogen-bond donors (Lipinski definition) is 2. The summed E-state index contributed by atoms with van der Waals surface area (Å²) in [5, 5.41) is 0. The Morgan fingerprint density at radius 3 is 2.74 bits per heavy atom. The number of sulfonamides is 1. The summed E-state index contributed by atoms with van der Waals surface area (Å²) < 4.78 is 33.2. The van der Waals surface area contributed by atoms with Crippen LogP contribution in [0.2, 0.25) is 0 Å². The van der Waals surface area contributed by atoms with E-state index in [1.807, 2.05) is 0 Å². The first-order chi connectivity index (χ1) is 8.95. The second-order valence-corrected chi connectivity index (χ2v) is 7.04. The number of nitrogen functional groups attached to an aromatic ring is 1. The number of anilines is 1. The van der Waals surface area contributed by atoms with Crippen molar-refractivity contribution in [1.29, 1.82) is 0 Å². The van der Waals surface area contributed by atoms with Gasteiger partial charge in [-0.3, -0.25) is 0 Å². The molecule has 0 amide bonds. The van der Waals surface area contributed by atoms with Crippen molar-refractivity contribution in [3.8, 4) is 0 Å². The summed E-state index contributed by atoms with van der Waals surface area (Å²) in [6.07, 6.45) is 3.03. The van der Waals surface area contributed by atoms with Crippen molar-refractivity contribution < 1.29 is 13.2 Å². The number of benzene rings is 1. The van der Waals surface area contributed by atoms with E-state index in [4.69, 9.17) is 10.5 Å². The summed E-state index contributed by atoms with van der Waals surface area (Å²) in [5.74, 6) is 0. The molecule has 2 aliphatic rings. The minimum atomic E-state index is -3.50. The average molecular weight is 282 g/mol. The maximum atomic E-state index is 12.4. The monoisotopic (exact) mass is 282 g/mol. The van der Waals surface area contributed by atoms with Crippen LogP contribution in [-0.4, -0.2) is 26.7 Å². The van der Waals surface area contributed by atoms with Gasteiger partial charge in [-0.05, 0) is 49.9 Å². The second-order valence-electron chi connectivity index (χ2n) is 5.36. The van der Waals surface area contributed by atoms with Crippen LogP contribution in [0.5, 0.6) is 0 Å². The lowest BCUT2D eigenvalue weighted by atomic mass is 9.96. The third-order valence-electron chi connectivity index (χ3n) is 3.90. The first-order valence-electron chi connectivity index (χ1n) is 6.49. The third-order valence-corrected chi connectivity index (χ3v) is 5.55. The SMILES string of the molecule is Cc1cc(N)ccc1S(=O)(=O)NC1CC2CCC1O2. The van der Waals surface area contributed by atoms with Gasteiger partial charge in [0.1, 0.15) is 0 Å². The smallest absolute Gasteiger partial charge is 0.241 e. The molecular formula is C13H18N2O3S. The molecule has 1 aromatic rings. The number of nitrogens with one attached hydrogen (secondary N) is 1. The van der Waals surface area contributed by atoms with Gasteiger partial charge in [0.25, 0.3) is 0 Å². The summed E-state index contributed by atoms with van der Waals surface area (Å²) in [6, 6.07) is 4.74. The fourth-order valence-electron chi connectivity index (χ4n) is 3.00. The molecule has 104 valence electrons. The van der Waals surface area contributed by atoms with Crippen molar-refractivity contribution in [2.45, 2.75) is 49.3 Å². The van der Waals surface area contributed by atoms with Crippen LogP contribution in [0, 0.1) is 6.92 Å². The van der Waals surface area contributed by atoms with Gasteiger partial charge in [-0.25, -0.2) is 13.1 Å². The van der Waals surface area contributed by atoms with E-state index in [1.54, 1.807) is 25.1 Å². The van der Waals surface area contributed by atoms with Crippen LogP contribution in [0.15, 0.2) is 23.1 Å². The molecule has 2 fully saturated rings. The first kappa shape index (κ1) is 12.9. The van der Waals surface area contributed by atoms with E-state index >= 15 is 0 Å². The van der Waals surface area contributed by atoms with Crippen LogP contribution < -0.4 is 10.5 Å². The van der Waals surface area contributed by atoms with Crippen molar-refractivity contribution in [2.75, 3.05) is 5.73 Å². The molecule has 1 aromatic carbocycles. The lowest BCUT2D eigenvalue weighted by Gasteiger charge is -2.20. The predicted molar refractivity (Wildman–Crippen MR) is 72.2 cm³/mol. The molecule has 2 aliphatic heterocycles. The summed E-state index contributed by atoms with van der Waals surface area (Å²) >= 11 is 0. The number of nitrogens with two attached hydrogens (primary N) is 1. The zero-order valence-corrected chi connectivity index (χ0v) is 11.6. The molecule has 3 rings (SSSR count). The van der Waals surface area contributed by atoms with Gasteiger partial charge in [0, 0.05) is 5.69 Å². The Morgan fingerprint density at radius 2 is 2.16 bits per heavy atom. The van der Waals surface area contributed by atoms with E-state index in [1.165, 1.54) is 0 Å². The number of hydrogen-bond acceptors (Lipinski definition) is 4. The number of aryl methyl sites for hydroxylation is 1. The van der Waals surface area contributed by atoms with Crippen LogP contribution >= 0.6 is 0 Å². The van der Waals surface area contributed by atoms with Crippen molar-refractivity contribution in [3.63, 3.8) is 0 Å². The lowest BCUT2D eigenvalue weighted by molar-refractivity contribution is 0.0996. The Hall–Kier alpha value is -1.11. The van der Waals surface area contributed by atoms with Gasteiger partial charge >= 0.3 is 0 Å². The Bertz CT molecular complexity index is 600. The van der Waals surface area contributed by atoms with Gasteiger partial charge in [-0.2, -0.15) is 0 Å². The van der Waals surface area contributed by atoms with Crippen LogP contribution in [0.3, 0.4) is 0 Å². The molecule has 5 nitrogen and oxygen atoms in total. The second kappa shape index (κ2) is 4.47. The van der Waals surface area contributed by atoms with E-state index in [0.717, 1.165) is 19.3 Å². The molecule has 0 aliphatic carbocycles. The van der Waals surface area contributed by atoms with Crippen LogP contribution in [0.4, 0.5) is 5.69 Å². The Kier molecular flexibility index (Phi) is 3.03. The molecule has 2 bridgehead atoms. The molecule has 3 atom stereocenters. The average Bonchev–Trinajstić information content (AvgIpc) is 2.89. The zero-order valence-electron chi connectivity index (χ0n) is 10.8. The molecule has 2 heterocycles. The Labute approximate surface area is 113 Å². The highest BCUT2D eigenvalue weighted by atomic mass is 32.2. The molecule has 3 N–H and O–H groups in total. The molecule has 6 heteroatoms. The van der Waals surface area contributed by atoms with E-state index in [9.17, 15) is 8.42 Å². The minimum absolute atomic E-state index is 0.0360. The molecule has 0 saturated carbocycles. The first-order valence-corrected chi connectivity index (χ1v) is 7.98. The van der Waals surface area contributed by atoms with E-state index in [0.29, 0.717) is 16.1 Å². The highest BCUT2D eigenvalue weighted by molar-refractivity contribution is 7.89. The molecule has 0 radical (unpaired) electrons. The molecule has 0 spiro atoms. The van der Waals surface area contributed by atoms with Crippen LogP contribution in [-0.2, 0) is 14.8 Å². The highest BCUT2D eigenvalue weighted by Crippen LogP contribution is 2.35. The summed E-state index contributed by atoms with van der Waals surface area (Å²) in [4.78, 5) is 0.296. The van der Waals surface area contributed by atoms with E-state index in [-0.39, 0.29) is 18.2 Å². The van der Waals surface area contributed by atoms with Gasteiger partial charge in [0.2, 0.25) is 10.0 Å². The van der Waals surface area contributed by atoms with Gasteiger partial charge in [-0.1, -0.05) is 0 Å². The van der Waals surface area contributed by atoms with Gasteiger partial charge in [0.15, 0.2) is 0 Å². The van der Waals surface area contributed by atoms with Crippen LogP contribution in [0.1, 0.15) is 24.8 Å². The third kappa shape index (κ3) is 2.35. The van der Waals surface area contributed by atoms with Gasteiger partial charge in [0.05, 0.1) is 23.1 Å². The summed E-state index contributed by atoms with van der Waals surface area (Å²) in [6.45, 7) is 1.75. The summed E-state index contributed by atoms with van der Waals surface area (Å²) in [5.41, 5.74) is 6.88. The van der Waals surface area contributed by atoms with E-state index in [2.05, 4.69) is 4.72 Å². The molecule has 2 saturated heterocycles. The topological polar surface area (TPSA) is 81.4 Å². The Balaban J connectivity index is 1.83. The fourth-order valence-corrected chi connectivity index (χ4v) is 4.50. The van der Waals surface area contributed by atoms with Crippen molar-refractivity contribution >= 4 is 15.7 Å². The number of ether oxygens (including phenoxy) is 1. The molecule has 3 unspecified atom stereocenters. The zero-order chi connectivity index (χ0) is 13.6. The quantitative estimate of drug-likeness (QED) is 0.816. The minimum Gasteiger partial charge on any atom is -0.399 e. The maximum Gasteiger partial charge on any atom is 0.241 e. The fraction of sp³-hybridized carbons (Fsp3) is 0.538. The highest BCUT2D eigenvalue weighted by Gasteiger charge is 2.42. The summed E-state index contributed by atoms with van der Waals surface area (Å²) in [7, 11) is -3.50. The van der Waals surface area contributed by atoms with Crippen LogP contribution in [0.25, 0.3) is 0 Å². The standard InChI is InChI=1S/C13H18N2O3S/c1-8-6-9(14)2-5-13(8)19(16,17)15-11-7-10-3-4-12(11)18-10/h2,5-6,10-12,15H,3-4,7,14H2,1H3. The lowest BCUT2D eigenvalue weighted by Crippen LogP contribution is -2.41. The normalized spacial score (nSPS) is 29.8. The molecule has 0 aromatic heterocycles.